The Hall–Kier alpha value is -0.690. The number of nitrogens with zero attached hydrogens (tertiary/aromatic N) is 1. The molecule has 0 heterocycles. The summed E-state index contributed by atoms with van der Waals surface area (Å²) < 4.78 is 0. The number of hydrogen-bond acceptors (Lipinski definition) is 1. The molecule has 1 rings (SSSR count). The van der Waals surface area contributed by atoms with Crippen LogP contribution in [0.15, 0.2) is 18.2 Å². The second-order valence-electron chi connectivity index (χ2n) is 5.72. The van der Waals surface area contributed by atoms with Crippen molar-refractivity contribution in [3.8, 4) is 0 Å². The van der Waals surface area contributed by atoms with Crippen LogP contribution in [0.5, 0.6) is 0 Å². The first kappa shape index (κ1) is 14.4. The van der Waals surface area contributed by atoms with Crippen LogP contribution in [-0.2, 0) is 5.41 Å². The van der Waals surface area contributed by atoms with Gasteiger partial charge in [0.2, 0.25) is 0 Å². The normalized spacial score (nSPS) is 11.6. The van der Waals surface area contributed by atoms with Crippen molar-refractivity contribution in [3.63, 3.8) is 0 Å². The van der Waals surface area contributed by atoms with Crippen LogP contribution in [-0.4, -0.2) is 19.5 Å². The van der Waals surface area contributed by atoms with E-state index in [0.29, 0.717) is 0 Å². The van der Waals surface area contributed by atoms with Crippen LogP contribution in [0.3, 0.4) is 0 Å². The molecule has 0 fully saturated rings. The largest absolute Gasteiger partial charge is 0.374 e. The van der Waals surface area contributed by atoms with Gasteiger partial charge in [0.05, 0.1) is 0 Å². The summed E-state index contributed by atoms with van der Waals surface area (Å²) in [6.07, 6.45) is 1.03. The number of anilines is 1. The highest BCUT2D eigenvalue weighted by Gasteiger charge is 2.15. The van der Waals surface area contributed by atoms with Gasteiger partial charge in [-0.05, 0) is 36.0 Å². The average Bonchev–Trinajstić information content (AvgIpc) is 2.24. The molecular formula is C15H24ClN. The Bertz CT molecular complexity index is 366. The molecule has 96 valence electrons. The number of hydrogen-bond donors (Lipinski definition) is 0. The monoisotopic (exact) mass is 253 g/mol. The zero-order chi connectivity index (χ0) is 13.1. The molecule has 0 atom stereocenters. The zero-order valence-electron chi connectivity index (χ0n) is 11.7. The smallest absolute Gasteiger partial charge is 0.0396 e. The minimum Gasteiger partial charge on any atom is -0.374 e. The molecule has 0 aliphatic rings. The van der Waals surface area contributed by atoms with Crippen molar-refractivity contribution in [2.24, 2.45) is 0 Å². The molecule has 0 unspecified atom stereocenters. The Morgan fingerprint density at radius 3 is 2.41 bits per heavy atom. The topological polar surface area (TPSA) is 3.24 Å². The van der Waals surface area contributed by atoms with Crippen LogP contribution >= 0.6 is 11.6 Å². The fraction of sp³-hybridized carbons (Fsp3) is 0.600. The SMILES string of the molecule is Cc1ccc(C(C)(C)C)cc1N(C)CCCCl. The number of aryl methyl sites for hydroxylation is 1. The molecular weight excluding hydrogens is 230 g/mol. The first-order chi connectivity index (χ1) is 7.86. The molecule has 1 aromatic rings. The maximum Gasteiger partial charge on any atom is 0.0396 e. The van der Waals surface area contributed by atoms with Crippen LogP contribution in [0.1, 0.15) is 38.3 Å². The van der Waals surface area contributed by atoms with Crippen LogP contribution in [0.4, 0.5) is 5.69 Å². The number of alkyl halides is 1. The van der Waals surface area contributed by atoms with E-state index in [4.69, 9.17) is 11.6 Å². The third-order valence-electron chi connectivity index (χ3n) is 3.11. The van der Waals surface area contributed by atoms with E-state index in [2.05, 4.69) is 57.8 Å². The van der Waals surface area contributed by atoms with Gasteiger partial charge in [0, 0.05) is 25.2 Å². The van der Waals surface area contributed by atoms with E-state index in [0.717, 1.165) is 18.8 Å². The van der Waals surface area contributed by atoms with Crippen molar-refractivity contribution in [2.75, 3.05) is 24.4 Å². The Morgan fingerprint density at radius 1 is 1.24 bits per heavy atom. The van der Waals surface area contributed by atoms with Crippen LogP contribution in [0, 0.1) is 6.92 Å². The third-order valence-corrected chi connectivity index (χ3v) is 3.38. The quantitative estimate of drug-likeness (QED) is 0.721. The lowest BCUT2D eigenvalue weighted by molar-refractivity contribution is 0.590. The Labute approximate surface area is 111 Å². The Balaban J connectivity index is 2.98. The molecule has 0 saturated carbocycles. The van der Waals surface area contributed by atoms with Gasteiger partial charge in [0.25, 0.3) is 0 Å². The van der Waals surface area contributed by atoms with Crippen molar-refractivity contribution in [1.29, 1.82) is 0 Å². The molecule has 17 heavy (non-hydrogen) atoms. The Morgan fingerprint density at radius 2 is 1.88 bits per heavy atom. The summed E-state index contributed by atoms with van der Waals surface area (Å²) in [7, 11) is 2.14. The summed E-state index contributed by atoms with van der Waals surface area (Å²) in [5.41, 5.74) is 4.24. The fourth-order valence-electron chi connectivity index (χ4n) is 1.90. The number of halogens is 1. The summed E-state index contributed by atoms with van der Waals surface area (Å²) in [6.45, 7) is 9.93. The molecule has 1 nitrogen and oxygen atoms in total. The molecule has 0 aliphatic heterocycles. The van der Waals surface area contributed by atoms with E-state index in [1.807, 2.05) is 0 Å². The maximum atomic E-state index is 5.75. The molecule has 0 amide bonds. The van der Waals surface area contributed by atoms with Crippen molar-refractivity contribution < 1.29 is 0 Å². The van der Waals surface area contributed by atoms with Crippen molar-refractivity contribution in [1.82, 2.24) is 0 Å². The maximum absolute atomic E-state index is 5.75. The lowest BCUT2D eigenvalue weighted by Gasteiger charge is -2.25. The molecule has 0 spiro atoms. The number of rotatable bonds is 4. The summed E-state index contributed by atoms with van der Waals surface area (Å²) in [6, 6.07) is 6.75. The summed E-state index contributed by atoms with van der Waals surface area (Å²) in [5, 5.41) is 0. The van der Waals surface area contributed by atoms with E-state index >= 15 is 0 Å². The highest BCUT2D eigenvalue weighted by atomic mass is 35.5. The predicted molar refractivity (Wildman–Crippen MR) is 78.5 cm³/mol. The van der Waals surface area contributed by atoms with Gasteiger partial charge >= 0.3 is 0 Å². The van der Waals surface area contributed by atoms with Gasteiger partial charge in [-0.25, -0.2) is 0 Å². The molecule has 2 heteroatoms. The lowest BCUT2D eigenvalue weighted by atomic mass is 9.86. The van der Waals surface area contributed by atoms with E-state index in [-0.39, 0.29) is 5.41 Å². The predicted octanol–water partition coefficient (Wildman–Crippen LogP) is 4.36. The molecule has 1 aromatic carbocycles. The fourth-order valence-corrected chi connectivity index (χ4v) is 2.02. The van der Waals surface area contributed by atoms with Crippen LogP contribution in [0.2, 0.25) is 0 Å². The summed E-state index contributed by atoms with van der Waals surface area (Å²) >= 11 is 5.75. The molecule has 0 aromatic heterocycles. The van der Waals surface area contributed by atoms with E-state index in [1.54, 1.807) is 0 Å². The standard InChI is InChI=1S/C15H24ClN/c1-12-7-8-13(15(2,3)4)11-14(12)17(5)10-6-9-16/h7-8,11H,6,9-10H2,1-5H3. The molecule has 0 saturated heterocycles. The van der Waals surface area contributed by atoms with Gasteiger partial charge in [0.15, 0.2) is 0 Å². The van der Waals surface area contributed by atoms with E-state index in [9.17, 15) is 0 Å². The van der Waals surface area contributed by atoms with Crippen LogP contribution in [0.25, 0.3) is 0 Å². The second-order valence-corrected chi connectivity index (χ2v) is 6.09. The molecule has 0 radical (unpaired) electrons. The third kappa shape index (κ3) is 3.92. The highest BCUT2D eigenvalue weighted by Crippen LogP contribution is 2.28. The van der Waals surface area contributed by atoms with Gasteiger partial charge < -0.3 is 4.90 Å². The van der Waals surface area contributed by atoms with Gasteiger partial charge in [-0.15, -0.1) is 11.6 Å². The van der Waals surface area contributed by atoms with Gasteiger partial charge in [-0.1, -0.05) is 32.9 Å². The van der Waals surface area contributed by atoms with Crippen LogP contribution < -0.4 is 4.90 Å². The van der Waals surface area contributed by atoms with Gasteiger partial charge in [-0.3, -0.25) is 0 Å². The highest BCUT2D eigenvalue weighted by molar-refractivity contribution is 6.17. The van der Waals surface area contributed by atoms with Gasteiger partial charge in [0.1, 0.15) is 0 Å². The first-order valence-corrected chi connectivity index (χ1v) is 6.78. The summed E-state index contributed by atoms with van der Waals surface area (Å²) in [5.74, 6) is 0.725. The second kappa shape index (κ2) is 5.77. The average molecular weight is 254 g/mol. The molecule has 0 N–H and O–H groups in total. The Kier molecular flexibility index (Phi) is 4.88. The zero-order valence-corrected chi connectivity index (χ0v) is 12.4. The van der Waals surface area contributed by atoms with Crippen molar-refractivity contribution in [2.45, 2.75) is 39.5 Å². The first-order valence-electron chi connectivity index (χ1n) is 6.24. The molecule has 0 bridgehead atoms. The molecule has 0 aliphatic carbocycles. The summed E-state index contributed by atoms with van der Waals surface area (Å²) in [4.78, 5) is 2.30. The minimum atomic E-state index is 0.204. The van der Waals surface area contributed by atoms with Gasteiger partial charge in [-0.2, -0.15) is 0 Å². The lowest BCUT2D eigenvalue weighted by Crippen LogP contribution is -2.21. The van der Waals surface area contributed by atoms with E-state index < -0.39 is 0 Å². The van der Waals surface area contributed by atoms with Crippen molar-refractivity contribution >= 4 is 17.3 Å². The number of benzene rings is 1. The van der Waals surface area contributed by atoms with E-state index in [1.165, 1.54) is 16.8 Å². The van der Waals surface area contributed by atoms with Crippen molar-refractivity contribution in [3.05, 3.63) is 29.3 Å². The minimum absolute atomic E-state index is 0.204.